The van der Waals surface area contributed by atoms with Crippen molar-refractivity contribution in [3.05, 3.63) is 63.4 Å². The first-order valence-electron chi connectivity index (χ1n) is 5.76. The Bertz CT molecular complexity index is 601. The Hall–Kier alpha value is -1.06. The van der Waals surface area contributed by atoms with Gasteiger partial charge in [0.1, 0.15) is 0 Å². The topological polar surface area (TPSA) is 9.23 Å². The Balaban J connectivity index is 2.35. The molecule has 0 N–H and O–H groups in total. The van der Waals surface area contributed by atoms with Crippen LogP contribution in [-0.4, -0.2) is 7.11 Å². The van der Waals surface area contributed by atoms with Crippen molar-refractivity contribution in [3.8, 4) is 5.75 Å². The molecule has 2 rings (SSSR count). The van der Waals surface area contributed by atoms with Crippen LogP contribution < -0.4 is 4.74 Å². The van der Waals surface area contributed by atoms with E-state index in [1.165, 1.54) is 13.2 Å². The Morgan fingerprint density at radius 1 is 1.16 bits per heavy atom. The Morgan fingerprint density at radius 3 is 2.37 bits per heavy atom. The number of hydrogen-bond donors (Lipinski definition) is 0. The molecule has 0 aliphatic rings. The van der Waals surface area contributed by atoms with E-state index >= 15 is 0 Å². The molecule has 2 aromatic rings. The van der Waals surface area contributed by atoms with Crippen LogP contribution in [0.4, 0.5) is 4.39 Å². The van der Waals surface area contributed by atoms with Crippen molar-refractivity contribution in [2.24, 2.45) is 0 Å². The van der Waals surface area contributed by atoms with Gasteiger partial charge in [0, 0.05) is 4.47 Å². The lowest BCUT2D eigenvalue weighted by molar-refractivity contribution is 0.386. The SMILES string of the molecule is COc1ccc(C(Cl)c2ccc(C)c(Br)c2)cc1F. The highest BCUT2D eigenvalue weighted by atomic mass is 79.9. The van der Waals surface area contributed by atoms with Crippen LogP contribution in [0.5, 0.6) is 5.75 Å². The van der Waals surface area contributed by atoms with E-state index in [9.17, 15) is 4.39 Å². The van der Waals surface area contributed by atoms with Gasteiger partial charge in [-0.2, -0.15) is 0 Å². The summed E-state index contributed by atoms with van der Waals surface area (Å²) in [5, 5.41) is -0.391. The fourth-order valence-electron chi connectivity index (χ4n) is 1.80. The summed E-state index contributed by atoms with van der Waals surface area (Å²) in [6, 6.07) is 10.6. The summed E-state index contributed by atoms with van der Waals surface area (Å²) < 4.78 is 19.6. The average molecular weight is 344 g/mol. The van der Waals surface area contributed by atoms with E-state index in [4.69, 9.17) is 16.3 Å². The summed E-state index contributed by atoms with van der Waals surface area (Å²) in [6.45, 7) is 2.00. The summed E-state index contributed by atoms with van der Waals surface area (Å²) in [4.78, 5) is 0. The lowest BCUT2D eigenvalue weighted by Crippen LogP contribution is -1.96. The molecule has 1 nitrogen and oxygen atoms in total. The fourth-order valence-corrected chi connectivity index (χ4v) is 2.47. The minimum atomic E-state index is -0.406. The number of ether oxygens (including phenoxy) is 1. The number of methoxy groups -OCH3 is 1. The van der Waals surface area contributed by atoms with E-state index in [0.717, 1.165) is 15.6 Å². The molecular weight excluding hydrogens is 331 g/mol. The molecule has 0 saturated heterocycles. The normalized spacial score (nSPS) is 12.3. The quantitative estimate of drug-likeness (QED) is 0.693. The van der Waals surface area contributed by atoms with Gasteiger partial charge < -0.3 is 4.74 Å². The van der Waals surface area contributed by atoms with Crippen LogP contribution >= 0.6 is 27.5 Å². The van der Waals surface area contributed by atoms with E-state index in [-0.39, 0.29) is 5.75 Å². The summed E-state index contributed by atoms with van der Waals surface area (Å²) in [5.41, 5.74) is 2.76. The average Bonchev–Trinajstić information content (AvgIpc) is 2.41. The summed E-state index contributed by atoms with van der Waals surface area (Å²) >= 11 is 9.87. The smallest absolute Gasteiger partial charge is 0.165 e. The highest BCUT2D eigenvalue weighted by Gasteiger charge is 2.14. The minimum absolute atomic E-state index is 0.220. The Kier molecular flexibility index (Phi) is 4.48. The van der Waals surface area contributed by atoms with E-state index in [1.54, 1.807) is 12.1 Å². The third kappa shape index (κ3) is 3.10. The monoisotopic (exact) mass is 342 g/mol. The molecule has 100 valence electrons. The first-order chi connectivity index (χ1) is 9.02. The van der Waals surface area contributed by atoms with Crippen molar-refractivity contribution in [2.75, 3.05) is 7.11 Å². The van der Waals surface area contributed by atoms with Crippen molar-refractivity contribution in [1.29, 1.82) is 0 Å². The first-order valence-corrected chi connectivity index (χ1v) is 6.99. The maximum absolute atomic E-state index is 13.7. The molecule has 0 amide bonds. The number of alkyl halides is 1. The van der Waals surface area contributed by atoms with E-state index in [0.29, 0.717) is 5.56 Å². The van der Waals surface area contributed by atoms with Crippen molar-refractivity contribution in [2.45, 2.75) is 12.3 Å². The number of hydrogen-bond acceptors (Lipinski definition) is 1. The van der Waals surface area contributed by atoms with E-state index in [1.807, 2.05) is 25.1 Å². The standard InChI is InChI=1S/C15H13BrClFO/c1-9-3-4-10(7-12(9)16)15(17)11-5-6-14(19-2)13(18)8-11/h3-8,15H,1-2H3. The number of benzene rings is 2. The fraction of sp³-hybridized carbons (Fsp3) is 0.200. The van der Waals surface area contributed by atoms with Gasteiger partial charge in [-0.25, -0.2) is 4.39 Å². The predicted molar refractivity (Wildman–Crippen MR) is 79.5 cm³/mol. The molecule has 0 spiro atoms. The molecule has 0 aliphatic carbocycles. The Morgan fingerprint density at radius 2 is 1.79 bits per heavy atom. The highest BCUT2D eigenvalue weighted by molar-refractivity contribution is 9.10. The van der Waals surface area contributed by atoms with Gasteiger partial charge in [0.05, 0.1) is 12.5 Å². The second kappa shape index (κ2) is 5.93. The lowest BCUT2D eigenvalue weighted by atomic mass is 10.0. The van der Waals surface area contributed by atoms with Gasteiger partial charge in [0.15, 0.2) is 11.6 Å². The van der Waals surface area contributed by atoms with Crippen LogP contribution in [0.3, 0.4) is 0 Å². The molecule has 0 aliphatic heterocycles. The van der Waals surface area contributed by atoms with Crippen LogP contribution in [-0.2, 0) is 0 Å². The van der Waals surface area contributed by atoms with Crippen LogP contribution in [0.1, 0.15) is 22.1 Å². The second-order valence-corrected chi connectivity index (χ2v) is 5.56. The van der Waals surface area contributed by atoms with E-state index < -0.39 is 11.2 Å². The first kappa shape index (κ1) is 14.4. The molecule has 2 aromatic carbocycles. The molecule has 1 unspecified atom stereocenters. The molecule has 4 heteroatoms. The van der Waals surface area contributed by atoms with Gasteiger partial charge in [-0.05, 0) is 41.8 Å². The van der Waals surface area contributed by atoms with Gasteiger partial charge in [0.2, 0.25) is 0 Å². The molecule has 0 saturated carbocycles. The van der Waals surface area contributed by atoms with Crippen LogP contribution in [0, 0.1) is 12.7 Å². The zero-order chi connectivity index (χ0) is 14.0. The van der Waals surface area contributed by atoms with E-state index in [2.05, 4.69) is 15.9 Å². The number of aryl methyl sites for hydroxylation is 1. The molecule has 0 bridgehead atoms. The lowest BCUT2D eigenvalue weighted by Gasteiger charge is -2.13. The van der Waals surface area contributed by atoms with Crippen LogP contribution in [0.25, 0.3) is 0 Å². The minimum Gasteiger partial charge on any atom is -0.494 e. The zero-order valence-corrected chi connectivity index (χ0v) is 12.9. The molecule has 0 heterocycles. The van der Waals surface area contributed by atoms with Crippen LogP contribution in [0.2, 0.25) is 0 Å². The van der Waals surface area contributed by atoms with Crippen LogP contribution in [0.15, 0.2) is 40.9 Å². The number of rotatable bonds is 3. The predicted octanol–water partition coefficient (Wildman–Crippen LogP) is 5.23. The molecule has 0 radical (unpaired) electrons. The van der Waals surface area contributed by atoms with Gasteiger partial charge in [-0.3, -0.25) is 0 Å². The van der Waals surface area contributed by atoms with Crippen molar-refractivity contribution in [3.63, 3.8) is 0 Å². The molecule has 0 fully saturated rings. The number of halogens is 3. The third-order valence-electron chi connectivity index (χ3n) is 2.96. The van der Waals surface area contributed by atoms with Crippen molar-refractivity contribution >= 4 is 27.5 Å². The zero-order valence-electron chi connectivity index (χ0n) is 10.6. The van der Waals surface area contributed by atoms with Gasteiger partial charge >= 0.3 is 0 Å². The highest BCUT2D eigenvalue weighted by Crippen LogP contribution is 2.33. The summed E-state index contributed by atoms with van der Waals surface area (Å²) in [6.07, 6.45) is 0. The summed E-state index contributed by atoms with van der Waals surface area (Å²) in [5.74, 6) is -0.186. The largest absolute Gasteiger partial charge is 0.494 e. The van der Waals surface area contributed by atoms with Gasteiger partial charge in [0.25, 0.3) is 0 Å². The maximum Gasteiger partial charge on any atom is 0.165 e. The van der Waals surface area contributed by atoms with Crippen molar-refractivity contribution < 1.29 is 9.13 Å². The third-order valence-corrected chi connectivity index (χ3v) is 4.32. The second-order valence-electron chi connectivity index (χ2n) is 4.27. The molecule has 0 aromatic heterocycles. The van der Waals surface area contributed by atoms with Crippen molar-refractivity contribution in [1.82, 2.24) is 0 Å². The van der Waals surface area contributed by atoms with Gasteiger partial charge in [-0.15, -0.1) is 11.6 Å². The Labute approximate surface area is 125 Å². The summed E-state index contributed by atoms with van der Waals surface area (Å²) in [7, 11) is 1.44. The molecule has 19 heavy (non-hydrogen) atoms. The molecular formula is C15H13BrClFO. The maximum atomic E-state index is 13.7. The van der Waals surface area contributed by atoms with Gasteiger partial charge in [-0.1, -0.05) is 34.1 Å². The molecule has 1 atom stereocenters.